The summed E-state index contributed by atoms with van der Waals surface area (Å²) in [6.45, 7) is 1.31. The molecular formula is C17H18ClN3O3. The van der Waals surface area contributed by atoms with Crippen LogP contribution in [0.1, 0.15) is 18.4 Å². The average molecular weight is 348 g/mol. The Morgan fingerprint density at radius 3 is 2.79 bits per heavy atom. The van der Waals surface area contributed by atoms with E-state index in [0.717, 1.165) is 18.4 Å². The Labute approximate surface area is 144 Å². The maximum absolute atomic E-state index is 12.3. The van der Waals surface area contributed by atoms with Crippen molar-refractivity contribution in [3.63, 3.8) is 0 Å². The number of nitrogens with one attached hydrogen (secondary N) is 1. The van der Waals surface area contributed by atoms with Crippen LogP contribution in [0.5, 0.6) is 5.75 Å². The second-order valence-corrected chi connectivity index (χ2v) is 6.21. The number of rotatable bonds is 4. The Balaban J connectivity index is 1.50. The van der Waals surface area contributed by atoms with Crippen LogP contribution in [0.4, 0.5) is 0 Å². The van der Waals surface area contributed by atoms with Gasteiger partial charge in [0.2, 0.25) is 11.5 Å². The number of carbonyl (C=O) groups is 1. The van der Waals surface area contributed by atoms with Crippen molar-refractivity contribution >= 4 is 17.5 Å². The predicted molar refractivity (Wildman–Crippen MR) is 90.2 cm³/mol. The molecule has 0 atom stereocenters. The van der Waals surface area contributed by atoms with Crippen LogP contribution in [0.15, 0.2) is 41.6 Å². The third-order valence-electron chi connectivity index (χ3n) is 3.98. The third-order valence-corrected chi connectivity index (χ3v) is 4.19. The molecule has 0 radical (unpaired) electrons. The summed E-state index contributed by atoms with van der Waals surface area (Å²) < 4.78 is 5.87. The van der Waals surface area contributed by atoms with Crippen molar-refractivity contribution in [1.82, 2.24) is 14.9 Å². The zero-order chi connectivity index (χ0) is 16.9. The van der Waals surface area contributed by atoms with Crippen LogP contribution in [-0.2, 0) is 11.2 Å². The van der Waals surface area contributed by atoms with Gasteiger partial charge in [-0.05, 0) is 5.56 Å². The van der Waals surface area contributed by atoms with Gasteiger partial charge in [0, 0.05) is 50.5 Å². The van der Waals surface area contributed by atoms with Crippen LogP contribution in [-0.4, -0.2) is 40.0 Å². The number of nitrogens with zero attached hydrogens (tertiary/aromatic N) is 2. The molecule has 0 aliphatic carbocycles. The number of piperidine rings is 1. The van der Waals surface area contributed by atoms with Crippen LogP contribution in [0.3, 0.4) is 0 Å². The topological polar surface area (TPSA) is 75.3 Å². The van der Waals surface area contributed by atoms with Gasteiger partial charge in [-0.1, -0.05) is 17.7 Å². The Morgan fingerprint density at radius 2 is 2.12 bits per heavy atom. The summed E-state index contributed by atoms with van der Waals surface area (Å²) >= 11 is 5.90. The molecule has 0 unspecified atom stereocenters. The molecule has 2 aromatic rings. The fraction of sp³-hybridized carbons (Fsp3) is 0.353. The summed E-state index contributed by atoms with van der Waals surface area (Å²) in [4.78, 5) is 31.8. The van der Waals surface area contributed by atoms with Crippen molar-refractivity contribution in [3.05, 3.63) is 57.7 Å². The first-order chi connectivity index (χ1) is 11.6. The van der Waals surface area contributed by atoms with E-state index in [1.165, 1.54) is 6.07 Å². The molecule has 3 heterocycles. The molecule has 7 heteroatoms. The van der Waals surface area contributed by atoms with E-state index >= 15 is 0 Å². The second kappa shape index (κ2) is 7.49. The zero-order valence-electron chi connectivity index (χ0n) is 13.1. The lowest BCUT2D eigenvalue weighted by atomic mass is 10.1. The Bertz CT molecular complexity index is 749. The number of aromatic nitrogens is 2. The van der Waals surface area contributed by atoms with Gasteiger partial charge in [-0.25, -0.2) is 0 Å². The molecule has 0 aromatic carbocycles. The molecule has 1 aliphatic heterocycles. The van der Waals surface area contributed by atoms with E-state index in [1.807, 2.05) is 4.90 Å². The number of ether oxygens (including phenoxy) is 1. The number of likely N-dealkylation sites (tertiary alicyclic amines) is 1. The molecule has 0 saturated carbocycles. The fourth-order valence-corrected chi connectivity index (χ4v) is 2.88. The highest BCUT2D eigenvalue weighted by atomic mass is 35.5. The molecule has 0 bridgehead atoms. The summed E-state index contributed by atoms with van der Waals surface area (Å²) in [7, 11) is 0. The summed E-state index contributed by atoms with van der Waals surface area (Å²) in [6, 6.07) is 4.85. The summed E-state index contributed by atoms with van der Waals surface area (Å²) in [5, 5.41) is 0.543. The molecule has 1 amide bonds. The normalized spacial score (nSPS) is 15.3. The maximum atomic E-state index is 12.3. The van der Waals surface area contributed by atoms with Gasteiger partial charge in [0.15, 0.2) is 0 Å². The third kappa shape index (κ3) is 4.35. The quantitative estimate of drug-likeness (QED) is 0.918. The second-order valence-electron chi connectivity index (χ2n) is 5.77. The smallest absolute Gasteiger partial charge is 0.247 e. The van der Waals surface area contributed by atoms with Crippen LogP contribution >= 0.6 is 11.6 Å². The largest absolute Gasteiger partial charge is 0.489 e. The van der Waals surface area contributed by atoms with E-state index in [4.69, 9.17) is 16.3 Å². The maximum Gasteiger partial charge on any atom is 0.247 e. The van der Waals surface area contributed by atoms with Crippen LogP contribution < -0.4 is 10.3 Å². The standard InChI is InChI=1S/C17H18ClN3O3/c18-13-8-15(11-19-10-13)24-14-3-5-21(6-4-14)17(23)7-12-1-2-16(22)20-9-12/h1-2,8-11,14H,3-7H2,(H,20,22). The molecular weight excluding hydrogens is 330 g/mol. The number of halogens is 1. The Hall–Kier alpha value is -2.34. The van der Waals surface area contributed by atoms with E-state index in [2.05, 4.69) is 9.97 Å². The minimum atomic E-state index is -0.167. The number of aromatic amines is 1. The molecule has 24 heavy (non-hydrogen) atoms. The van der Waals surface area contributed by atoms with Gasteiger partial charge < -0.3 is 14.6 Å². The molecule has 2 aromatic heterocycles. The lowest BCUT2D eigenvalue weighted by Crippen LogP contribution is -2.42. The molecule has 1 saturated heterocycles. The van der Waals surface area contributed by atoms with Gasteiger partial charge in [-0.2, -0.15) is 0 Å². The van der Waals surface area contributed by atoms with Crippen molar-refractivity contribution in [2.45, 2.75) is 25.4 Å². The number of pyridine rings is 2. The number of carbonyl (C=O) groups excluding carboxylic acids is 1. The molecule has 1 aliphatic rings. The number of H-pyrrole nitrogens is 1. The molecule has 0 spiro atoms. The van der Waals surface area contributed by atoms with Crippen molar-refractivity contribution < 1.29 is 9.53 Å². The van der Waals surface area contributed by atoms with Gasteiger partial charge >= 0.3 is 0 Å². The summed E-state index contributed by atoms with van der Waals surface area (Å²) in [5.41, 5.74) is 0.641. The molecule has 126 valence electrons. The number of amides is 1. The lowest BCUT2D eigenvalue weighted by Gasteiger charge is -2.32. The van der Waals surface area contributed by atoms with Crippen molar-refractivity contribution in [2.24, 2.45) is 0 Å². The first kappa shape index (κ1) is 16.5. The van der Waals surface area contributed by atoms with Crippen molar-refractivity contribution in [3.8, 4) is 5.75 Å². The first-order valence-electron chi connectivity index (χ1n) is 7.83. The zero-order valence-corrected chi connectivity index (χ0v) is 13.8. The van der Waals surface area contributed by atoms with E-state index in [1.54, 1.807) is 30.7 Å². The van der Waals surface area contributed by atoms with E-state index in [9.17, 15) is 9.59 Å². The highest BCUT2D eigenvalue weighted by Crippen LogP contribution is 2.21. The first-order valence-corrected chi connectivity index (χ1v) is 8.20. The number of hydrogen-bond donors (Lipinski definition) is 1. The fourth-order valence-electron chi connectivity index (χ4n) is 2.71. The van der Waals surface area contributed by atoms with Gasteiger partial charge in [0.05, 0.1) is 17.6 Å². The highest BCUT2D eigenvalue weighted by molar-refractivity contribution is 6.30. The van der Waals surface area contributed by atoms with Gasteiger partial charge in [-0.3, -0.25) is 14.6 Å². The SMILES string of the molecule is O=C(Cc1ccc(=O)[nH]c1)N1CCC(Oc2cncc(Cl)c2)CC1. The average Bonchev–Trinajstić information content (AvgIpc) is 2.57. The van der Waals surface area contributed by atoms with Crippen LogP contribution in [0.2, 0.25) is 5.02 Å². The molecule has 1 fully saturated rings. The van der Waals surface area contributed by atoms with Gasteiger partial charge in [0.1, 0.15) is 11.9 Å². The van der Waals surface area contributed by atoms with Crippen molar-refractivity contribution in [2.75, 3.05) is 13.1 Å². The monoisotopic (exact) mass is 347 g/mol. The summed E-state index contributed by atoms with van der Waals surface area (Å²) in [5.74, 6) is 0.713. The van der Waals surface area contributed by atoms with Gasteiger partial charge in [0.25, 0.3) is 0 Å². The van der Waals surface area contributed by atoms with Crippen LogP contribution in [0.25, 0.3) is 0 Å². The summed E-state index contributed by atoms with van der Waals surface area (Å²) in [6.07, 6.45) is 6.67. The Kier molecular flexibility index (Phi) is 5.15. The van der Waals surface area contributed by atoms with E-state index in [-0.39, 0.29) is 17.6 Å². The molecule has 3 rings (SSSR count). The van der Waals surface area contributed by atoms with E-state index in [0.29, 0.717) is 30.3 Å². The molecule has 1 N–H and O–H groups in total. The highest BCUT2D eigenvalue weighted by Gasteiger charge is 2.24. The van der Waals surface area contributed by atoms with Crippen molar-refractivity contribution in [1.29, 1.82) is 0 Å². The minimum absolute atomic E-state index is 0.0578. The van der Waals surface area contributed by atoms with Crippen LogP contribution in [0, 0.1) is 0 Å². The number of hydrogen-bond acceptors (Lipinski definition) is 4. The molecule has 6 nitrogen and oxygen atoms in total. The minimum Gasteiger partial charge on any atom is -0.489 e. The predicted octanol–water partition coefficient (Wildman–Crippen LogP) is 2.04. The van der Waals surface area contributed by atoms with Gasteiger partial charge in [-0.15, -0.1) is 0 Å². The Morgan fingerprint density at radius 1 is 1.33 bits per heavy atom. The lowest BCUT2D eigenvalue weighted by molar-refractivity contribution is -0.132. The van der Waals surface area contributed by atoms with E-state index < -0.39 is 0 Å².